The average Bonchev–Trinajstić information content (AvgIpc) is 3.12. The molecule has 1 unspecified atom stereocenters. The molecule has 3 nitrogen and oxygen atoms in total. The van der Waals surface area contributed by atoms with Gasteiger partial charge in [-0.2, -0.15) is 4.31 Å². The van der Waals surface area contributed by atoms with Crippen LogP contribution in [0.3, 0.4) is 0 Å². The largest absolute Gasteiger partial charge is 0.243 e. The second kappa shape index (κ2) is 7.38. The fourth-order valence-electron chi connectivity index (χ4n) is 2.92. The Morgan fingerprint density at radius 1 is 1.16 bits per heavy atom. The standard InChI is InChI=1S/C21H23NO2S/c1-3-7-19-15-22(16-20(19)14-18-8-5-4-6-9-18)25(23,24)21-12-10-17(2)11-13-21/h3-14,19H,15-16H2,1-2H3/b7-3+,20-14-/i1D,14D. The van der Waals surface area contributed by atoms with Crippen LogP contribution in [0, 0.1) is 12.8 Å². The number of aryl methyl sites for hydroxylation is 1. The number of allylic oxidation sites excluding steroid dienone is 1. The fourth-order valence-corrected chi connectivity index (χ4v) is 4.37. The van der Waals surface area contributed by atoms with E-state index in [0.717, 1.165) is 16.7 Å². The van der Waals surface area contributed by atoms with Gasteiger partial charge < -0.3 is 0 Å². The lowest BCUT2D eigenvalue weighted by molar-refractivity contribution is 0.471. The van der Waals surface area contributed by atoms with E-state index in [4.69, 9.17) is 2.74 Å². The van der Waals surface area contributed by atoms with E-state index in [9.17, 15) is 8.42 Å². The summed E-state index contributed by atoms with van der Waals surface area (Å²) in [5.41, 5.74) is 2.54. The fraction of sp³-hybridized carbons (Fsp3) is 0.238. The summed E-state index contributed by atoms with van der Waals surface area (Å²) in [6, 6.07) is 16.5. The molecule has 1 atom stereocenters. The van der Waals surface area contributed by atoms with E-state index < -0.39 is 10.0 Å². The predicted octanol–water partition coefficient (Wildman–Crippen LogP) is 4.28. The Kier molecular flexibility index (Phi) is 4.46. The Hall–Kier alpha value is -2.17. The second-order valence-corrected chi connectivity index (χ2v) is 8.10. The highest BCUT2D eigenvalue weighted by atomic mass is 32.2. The van der Waals surface area contributed by atoms with Crippen molar-refractivity contribution in [3.63, 3.8) is 0 Å². The SMILES string of the molecule is [2H]C/C=C/C1CN(S(=O)(=O)c2ccc(C)cc2)C/C1=C(\[2H])c1ccccc1. The predicted molar refractivity (Wildman–Crippen MR) is 103 cm³/mol. The van der Waals surface area contributed by atoms with E-state index in [1.165, 1.54) is 4.31 Å². The van der Waals surface area contributed by atoms with Crippen molar-refractivity contribution in [2.45, 2.75) is 18.7 Å². The Morgan fingerprint density at radius 2 is 1.88 bits per heavy atom. The van der Waals surface area contributed by atoms with Gasteiger partial charge in [-0.1, -0.05) is 66.2 Å². The Balaban J connectivity index is 1.98. The number of hydrogen-bond acceptors (Lipinski definition) is 2. The molecule has 4 heteroatoms. The Bertz CT molecular complexity index is 951. The summed E-state index contributed by atoms with van der Waals surface area (Å²) in [6.07, 6.45) is 3.56. The summed E-state index contributed by atoms with van der Waals surface area (Å²) >= 11 is 0. The third kappa shape index (κ3) is 3.91. The van der Waals surface area contributed by atoms with Gasteiger partial charge in [0.15, 0.2) is 0 Å². The van der Waals surface area contributed by atoms with E-state index in [1.54, 1.807) is 30.3 Å². The molecule has 0 saturated carbocycles. The molecule has 1 saturated heterocycles. The van der Waals surface area contributed by atoms with Crippen LogP contribution in [0.5, 0.6) is 0 Å². The number of hydrogen-bond donors (Lipinski definition) is 0. The van der Waals surface area contributed by atoms with Gasteiger partial charge in [0.2, 0.25) is 10.0 Å². The summed E-state index contributed by atoms with van der Waals surface area (Å²) in [5, 5.41) is 0. The molecule has 1 heterocycles. The van der Waals surface area contributed by atoms with Crippen molar-refractivity contribution in [2.24, 2.45) is 5.92 Å². The van der Waals surface area contributed by atoms with E-state index in [2.05, 4.69) is 0 Å². The molecule has 2 aromatic carbocycles. The zero-order valence-corrected chi connectivity index (χ0v) is 15.0. The van der Waals surface area contributed by atoms with Crippen LogP contribution in [-0.4, -0.2) is 25.8 Å². The van der Waals surface area contributed by atoms with Crippen LogP contribution in [0.25, 0.3) is 6.05 Å². The van der Waals surface area contributed by atoms with Gasteiger partial charge in [0.1, 0.15) is 0 Å². The van der Waals surface area contributed by atoms with Crippen molar-refractivity contribution in [1.29, 1.82) is 0 Å². The van der Waals surface area contributed by atoms with Crippen LogP contribution >= 0.6 is 0 Å². The first kappa shape index (κ1) is 15.1. The number of benzene rings is 2. The molecule has 0 amide bonds. The normalized spacial score (nSPS) is 22.0. The molecule has 1 aliphatic heterocycles. The lowest BCUT2D eigenvalue weighted by Crippen LogP contribution is -2.28. The average molecular weight is 355 g/mol. The number of nitrogens with zero attached hydrogens (tertiary/aromatic N) is 1. The molecule has 0 spiro atoms. The summed E-state index contributed by atoms with van der Waals surface area (Å²) in [5.74, 6) is -0.191. The van der Waals surface area contributed by atoms with Crippen molar-refractivity contribution < 1.29 is 11.2 Å². The highest BCUT2D eigenvalue weighted by Crippen LogP contribution is 2.30. The third-order valence-electron chi connectivity index (χ3n) is 4.30. The van der Waals surface area contributed by atoms with Crippen molar-refractivity contribution in [2.75, 3.05) is 13.1 Å². The maximum atomic E-state index is 13.1. The molecule has 1 fully saturated rings. The maximum Gasteiger partial charge on any atom is 0.243 e. The zero-order chi connectivity index (χ0) is 19.4. The van der Waals surface area contributed by atoms with Gasteiger partial charge in [-0.25, -0.2) is 8.42 Å². The highest BCUT2D eigenvalue weighted by molar-refractivity contribution is 7.89. The van der Waals surface area contributed by atoms with E-state index in [0.29, 0.717) is 6.05 Å². The first-order chi connectivity index (χ1) is 12.9. The minimum absolute atomic E-state index is 0.132. The van der Waals surface area contributed by atoms with Gasteiger partial charge in [-0.05, 0) is 37.1 Å². The first-order valence-electron chi connectivity index (χ1n) is 9.42. The highest BCUT2D eigenvalue weighted by Gasteiger charge is 2.34. The molecule has 130 valence electrons. The monoisotopic (exact) mass is 355 g/mol. The molecular formula is C21H23NO2S. The second-order valence-electron chi connectivity index (χ2n) is 6.16. The lowest BCUT2D eigenvalue weighted by atomic mass is 10.00. The van der Waals surface area contributed by atoms with Crippen molar-refractivity contribution in [1.82, 2.24) is 4.31 Å². The van der Waals surface area contributed by atoms with Gasteiger partial charge in [-0.3, -0.25) is 0 Å². The molecule has 0 aliphatic carbocycles. The molecular weight excluding hydrogens is 330 g/mol. The van der Waals surface area contributed by atoms with Crippen LogP contribution in [0.4, 0.5) is 0 Å². The summed E-state index contributed by atoms with van der Waals surface area (Å²) in [7, 11) is -3.63. The molecule has 0 radical (unpaired) electrons. The van der Waals surface area contributed by atoms with Gasteiger partial charge in [0, 0.05) is 20.4 Å². The minimum Gasteiger partial charge on any atom is -0.207 e. The van der Waals surface area contributed by atoms with Gasteiger partial charge in [-0.15, -0.1) is 0 Å². The van der Waals surface area contributed by atoms with Crippen LogP contribution in [-0.2, 0) is 10.0 Å². The summed E-state index contributed by atoms with van der Waals surface area (Å²) in [6.45, 7) is 2.53. The van der Waals surface area contributed by atoms with E-state index >= 15 is 0 Å². The maximum absolute atomic E-state index is 13.1. The Morgan fingerprint density at radius 3 is 2.56 bits per heavy atom. The van der Waals surface area contributed by atoms with Gasteiger partial charge in [0.05, 0.1) is 6.27 Å². The van der Waals surface area contributed by atoms with E-state index in [1.807, 2.05) is 43.3 Å². The molecule has 0 bridgehead atoms. The topological polar surface area (TPSA) is 37.4 Å². The smallest absolute Gasteiger partial charge is 0.207 e. The molecule has 3 rings (SSSR count). The molecule has 0 aromatic heterocycles. The molecule has 1 aliphatic rings. The van der Waals surface area contributed by atoms with Crippen LogP contribution in [0.15, 0.2) is 77.2 Å². The van der Waals surface area contributed by atoms with Gasteiger partial charge in [0.25, 0.3) is 0 Å². The van der Waals surface area contributed by atoms with Crippen molar-refractivity contribution in [3.8, 4) is 0 Å². The minimum atomic E-state index is -3.63. The third-order valence-corrected chi connectivity index (χ3v) is 6.13. The van der Waals surface area contributed by atoms with Gasteiger partial charge >= 0.3 is 0 Å². The van der Waals surface area contributed by atoms with Crippen molar-refractivity contribution in [3.05, 3.63) is 83.4 Å². The van der Waals surface area contributed by atoms with E-state index in [-0.39, 0.29) is 30.8 Å². The van der Waals surface area contributed by atoms with Crippen molar-refractivity contribution >= 4 is 16.1 Å². The Labute approximate surface area is 153 Å². The van der Waals surface area contributed by atoms with Crippen LogP contribution in [0.1, 0.15) is 20.8 Å². The number of sulfonamides is 1. The lowest BCUT2D eigenvalue weighted by Gasteiger charge is -2.15. The molecule has 25 heavy (non-hydrogen) atoms. The molecule has 0 N–H and O–H groups in total. The summed E-state index contributed by atoms with van der Waals surface area (Å²) in [4.78, 5) is 0.267. The first-order valence-corrected chi connectivity index (χ1v) is 9.65. The van der Waals surface area contributed by atoms with Crippen LogP contribution in [0.2, 0.25) is 0 Å². The number of rotatable bonds is 4. The van der Waals surface area contributed by atoms with Crippen LogP contribution < -0.4 is 0 Å². The quantitative estimate of drug-likeness (QED) is 0.768. The zero-order valence-electron chi connectivity index (χ0n) is 16.2. The summed E-state index contributed by atoms with van der Waals surface area (Å²) < 4.78 is 43.5. The molecule has 2 aromatic rings.